The first-order chi connectivity index (χ1) is 9.28. The quantitative estimate of drug-likeness (QED) is 0.792. The summed E-state index contributed by atoms with van der Waals surface area (Å²) in [6.07, 6.45) is -1.21. The fourth-order valence-corrected chi connectivity index (χ4v) is 2.65. The summed E-state index contributed by atoms with van der Waals surface area (Å²) in [6, 6.07) is 0. The molecule has 0 aromatic carbocycles. The average Bonchev–Trinajstić information content (AvgIpc) is 2.80. The molecule has 2 aliphatic rings. The van der Waals surface area contributed by atoms with Gasteiger partial charge < -0.3 is 14.2 Å². The fourth-order valence-electron chi connectivity index (χ4n) is 2.65. The van der Waals surface area contributed by atoms with Crippen LogP contribution in [0.2, 0.25) is 0 Å². The molecule has 0 bridgehead atoms. The third kappa shape index (κ3) is 2.00. The number of aromatic nitrogens is 2. The van der Waals surface area contributed by atoms with Crippen LogP contribution < -0.4 is 11.2 Å². The molecule has 1 aromatic heterocycles. The highest BCUT2D eigenvalue weighted by Gasteiger charge is 2.54. The van der Waals surface area contributed by atoms with Crippen LogP contribution in [0.4, 0.5) is 4.39 Å². The maximum atomic E-state index is 13.4. The zero-order valence-electron chi connectivity index (χ0n) is 11.3. The van der Waals surface area contributed by atoms with Gasteiger partial charge in [0.15, 0.2) is 12.0 Å². The standard InChI is InChI=1S/C12H15FN2O5/c1-5-7-8(20-12(2,3)19-7)10(18-5)15-4-6(13)9(16)14-11(15)17/h4-5,7-8,10H,1-3H3,(H,14,16,17)/t5-,7?,8+,10-/m1/s1. The van der Waals surface area contributed by atoms with Crippen LogP contribution in [-0.2, 0) is 14.2 Å². The Kier molecular flexibility index (Phi) is 2.86. The minimum absolute atomic E-state index is 0.311. The molecule has 1 aromatic rings. The molecule has 4 atom stereocenters. The molecule has 0 amide bonds. The lowest BCUT2D eigenvalue weighted by Crippen LogP contribution is -2.38. The summed E-state index contributed by atoms with van der Waals surface area (Å²) < 4.78 is 31.4. The van der Waals surface area contributed by atoms with Gasteiger partial charge in [-0.2, -0.15) is 4.39 Å². The Hall–Kier alpha value is -1.51. The highest BCUT2D eigenvalue weighted by molar-refractivity contribution is 4.98. The molecule has 8 heteroatoms. The number of aromatic amines is 1. The molecular formula is C12H15FN2O5. The van der Waals surface area contributed by atoms with Crippen molar-refractivity contribution in [1.29, 1.82) is 0 Å². The van der Waals surface area contributed by atoms with Crippen LogP contribution in [0.15, 0.2) is 15.8 Å². The SMILES string of the molecule is C[C@H]1O[C@@H](n2cc(F)c(=O)[nH]c2=O)[C@H]2OC(C)(C)OC12. The number of ether oxygens (including phenoxy) is 3. The largest absolute Gasteiger partial charge is 0.349 e. The summed E-state index contributed by atoms with van der Waals surface area (Å²) in [4.78, 5) is 24.8. The highest BCUT2D eigenvalue weighted by atomic mass is 19.1. The highest BCUT2D eigenvalue weighted by Crippen LogP contribution is 2.42. The smallest absolute Gasteiger partial charge is 0.330 e. The lowest BCUT2D eigenvalue weighted by Gasteiger charge is -2.23. The topological polar surface area (TPSA) is 82.6 Å². The predicted octanol–water partition coefficient (Wildman–Crippen LogP) is 0.113. The minimum Gasteiger partial charge on any atom is -0.349 e. The van der Waals surface area contributed by atoms with Gasteiger partial charge >= 0.3 is 5.69 Å². The Balaban J connectivity index is 2.01. The molecule has 0 aliphatic carbocycles. The minimum atomic E-state index is -1.06. The number of halogens is 1. The van der Waals surface area contributed by atoms with Crippen LogP contribution in [0.5, 0.6) is 0 Å². The third-order valence-electron chi connectivity index (χ3n) is 3.46. The third-order valence-corrected chi connectivity index (χ3v) is 3.46. The summed E-state index contributed by atoms with van der Waals surface area (Å²) >= 11 is 0. The molecule has 0 radical (unpaired) electrons. The monoisotopic (exact) mass is 286 g/mol. The Morgan fingerprint density at radius 3 is 2.65 bits per heavy atom. The van der Waals surface area contributed by atoms with Gasteiger partial charge in [-0.15, -0.1) is 0 Å². The number of nitrogens with one attached hydrogen (secondary N) is 1. The summed E-state index contributed by atoms with van der Waals surface area (Å²) in [5, 5.41) is 0. The van der Waals surface area contributed by atoms with Crippen LogP contribution in [0.1, 0.15) is 27.0 Å². The molecule has 2 saturated heterocycles. The summed E-state index contributed by atoms with van der Waals surface area (Å²) in [7, 11) is 0. The number of fused-ring (bicyclic) bond motifs is 1. The van der Waals surface area contributed by atoms with Gasteiger partial charge in [0.05, 0.1) is 12.3 Å². The van der Waals surface area contributed by atoms with E-state index in [1.165, 1.54) is 0 Å². The van der Waals surface area contributed by atoms with Crippen molar-refractivity contribution < 1.29 is 18.6 Å². The van der Waals surface area contributed by atoms with Gasteiger partial charge in [0.2, 0.25) is 5.82 Å². The molecule has 0 saturated carbocycles. The summed E-state index contributed by atoms with van der Waals surface area (Å²) in [5.41, 5.74) is -1.81. The van der Waals surface area contributed by atoms with Crippen LogP contribution in [0.25, 0.3) is 0 Å². The second-order valence-corrected chi connectivity index (χ2v) is 5.44. The summed E-state index contributed by atoms with van der Waals surface area (Å²) in [6.45, 7) is 5.30. The van der Waals surface area contributed by atoms with Crippen LogP contribution in [0.3, 0.4) is 0 Å². The van der Waals surface area contributed by atoms with Gasteiger partial charge in [-0.3, -0.25) is 14.3 Å². The fraction of sp³-hybridized carbons (Fsp3) is 0.667. The van der Waals surface area contributed by atoms with E-state index in [4.69, 9.17) is 14.2 Å². The van der Waals surface area contributed by atoms with E-state index in [-0.39, 0.29) is 12.2 Å². The molecule has 3 rings (SSSR count). The Bertz CT molecular complexity index is 652. The van der Waals surface area contributed by atoms with E-state index in [9.17, 15) is 14.0 Å². The molecule has 2 fully saturated rings. The van der Waals surface area contributed by atoms with Gasteiger partial charge in [-0.1, -0.05) is 0 Å². The first kappa shape index (κ1) is 13.5. The van der Waals surface area contributed by atoms with Crippen molar-refractivity contribution >= 4 is 0 Å². The van der Waals surface area contributed by atoms with Crippen molar-refractivity contribution in [1.82, 2.24) is 9.55 Å². The van der Waals surface area contributed by atoms with Crippen molar-refractivity contribution in [2.24, 2.45) is 0 Å². The summed E-state index contributed by atoms with van der Waals surface area (Å²) in [5.74, 6) is -1.85. The number of hydrogen-bond acceptors (Lipinski definition) is 5. The van der Waals surface area contributed by atoms with Crippen molar-refractivity contribution in [3.8, 4) is 0 Å². The van der Waals surface area contributed by atoms with Crippen molar-refractivity contribution in [2.75, 3.05) is 0 Å². The van der Waals surface area contributed by atoms with Gasteiger partial charge in [-0.25, -0.2) is 4.79 Å². The van der Waals surface area contributed by atoms with E-state index in [0.29, 0.717) is 0 Å². The number of H-pyrrole nitrogens is 1. The lowest BCUT2D eigenvalue weighted by molar-refractivity contribution is -0.195. The first-order valence-corrected chi connectivity index (χ1v) is 6.30. The second kappa shape index (κ2) is 4.24. The van der Waals surface area contributed by atoms with Crippen molar-refractivity contribution in [3.05, 3.63) is 32.9 Å². The zero-order valence-corrected chi connectivity index (χ0v) is 11.3. The van der Waals surface area contributed by atoms with Crippen molar-refractivity contribution in [3.63, 3.8) is 0 Å². The Morgan fingerprint density at radius 2 is 1.95 bits per heavy atom. The average molecular weight is 286 g/mol. The van der Waals surface area contributed by atoms with E-state index in [1.54, 1.807) is 20.8 Å². The number of nitrogens with zero attached hydrogens (tertiary/aromatic N) is 1. The second-order valence-electron chi connectivity index (χ2n) is 5.44. The normalized spacial score (nSPS) is 35.2. The molecule has 20 heavy (non-hydrogen) atoms. The van der Waals surface area contributed by atoms with E-state index in [2.05, 4.69) is 0 Å². The molecule has 110 valence electrons. The van der Waals surface area contributed by atoms with Gasteiger partial charge in [0.25, 0.3) is 5.56 Å². The number of hydrogen-bond donors (Lipinski definition) is 1. The molecule has 7 nitrogen and oxygen atoms in total. The van der Waals surface area contributed by atoms with E-state index < -0.39 is 35.2 Å². The van der Waals surface area contributed by atoms with E-state index >= 15 is 0 Å². The van der Waals surface area contributed by atoms with E-state index in [0.717, 1.165) is 10.8 Å². The maximum Gasteiger partial charge on any atom is 0.330 e. The van der Waals surface area contributed by atoms with Gasteiger partial charge in [0, 0.05) is 0 Å². The molecular weight excluding hydrogens is 271 g/mol. The molecule has 0 spiro atoms. The molecule has 1 N–H and O–H groups in total. The van der Waals surface area contributed by atoms with Gasteiger partial charge in [-0.05, 0) is 20.8 Å². The molecule has 3 heterocycles. The molecule has 2 aliphatic heterocycles. The predicted molar refractivity (Wildman–Crippen MR) is 64.7 cm³/mol. The Morgan fingerprint density at radius 1 is 1.30 bits per heavy atom. The van der Waals surface area contributed by atoms with E-state index in [1.807, 2.05) is 4.98 Å². The van der Waals surface area contributed by atoms with Crippen LogP contribution in [-0.4, -0.2) is 33.7 Å². The first-order valence-electron chi connectivity index (χ1n) is 6.30. The Labute approximate surface area is 113 Å². The zero-order chi connectivity index (χ0) is 14.7. The van der Waals surface area contributed by atoms with Crippen LogP contribution >= 0.6 is 0 Å². The van der Waals surface area contributed by atoms with Crippen molar-refractivity contribution in [2.45, 2.75) is 51.1 Å². The maximum absolute atomic E-state index is 13.4. The molecule has 1 unspecified atom stereocenters. The van der Waals surface area contributed by atoms with Crippen LogP contribution in [0, 0.1) is 5.82 Å². The number of rotatable bonds is 1. The van der Waals surface area contributed by atoms with Gasteiger partial charge in [0.1, 0.15) is 12.2 Å². The lowest BCUT2D eigenvalue weighted by atomic mass is 10.1.